The lowest BCUT2D eigenvalue weighted by atomic mass is 9.99. The van der Waals surface area contributed by atoms with Crippen LogP contribution >= 0.6 is 0 Å². The van der Waals surface area contributed by atoms with Crippen LogP contribution in [0.25, 0.3) is 133 Å². The van der Waals surface area contributed by atoms with Gasteiger partial charge in [0.05, 0.1) is 27.8 Å². The predicted octanol–water partition coefficient (Wildman–Crippen LogP) is 16.3. The largest absolute Gasteiger partial charge is 0.456 e. The molecule has 4 heterocycles. The molecule has 69 heavy (non-hydrogen) atoms. The number of fused-ring (bicyclic) bond motifs is 9. The van der Waals surface area contributed by atoms with Crippen molar-refractivity contribution >= 4 is 65.6 Å². The number of furan rings is 1. The molecule has 0 fully saturated rings. The lowest BCUT2D eigenvalue weighted by molar-refractivity contribution is 0.669. The highest BCUT2D eigenvalue weighted by atomic mass is 16.3. The molecule has 0 aliphatic carbocycles. The third-order valence-electron chi connectivity index (χ3n) is 13.6. The minimum Gasteiger partial charge on any atom is -0.456 e. The number of hydrogen-bond donors (Lipinski definition) is 0. The second-order valence-electron chi connectivity index (χ2n) is 17.6. The van der Waals surface area contributed by atoms with Crippen LogP contribution in [0.3, 0.4) is 0 Å². The first-order chi connectivity index (χ1) is 34.2. The zero-order valence-corrected chi connectivity index (χ0v) is 37.2. The van der Waals surface area contributed by atoms with Crippen molar-refractivity contribution in [3.05, 3.63) is 237 Å². The molecule has 0 radical (unpaired) electrons. The molecule has 0 unspecified atom stereocenters. The molecule has 4 aromatic heterocycles. The number of benzene rings is 10. The van der Waals surface area contributed by atoms with Crippen molar-refractivity contribution < 1.29 is 4.42 Å². The van der Waals surface area contributed by atoms with Gasteiger partial charge in [0.25, 0.3) is 0 Å². The van der Waals surface area contributed by atoms with Gasteiger partial charge in [0, 0.05) is 54.7 Å². The maximum Gasteiger partial charge on any atom is 0.164 e. The van der Waals surface area contributed by atoms with E-state index >= 15 is 0 Å². The van der Waals surface area contributed by atoms with Crippen LogP contribution < -0.4 is 0 Å². The van der Waals surface area contributed by atoms with Gasteiger partial charge in [-0.25, -0.2) is 15.0 Å². The van der Waals surface area contributed by atoms with Crippen molar-refractivity contribution in [3.63, 3.8) is 0 Å². The van der Waals surface area contributed by atoms with Crippen molar-refractivity contribution in [2.45, 2.75) is 0 Å². The van der Waals surface area contributed by atoms with Gasteiger partial charge in [0.1, 0.15) is 11.2 Å². The first-order valence-corrected chi connectivity index (χ1v) is 23.3. The molecular formula is C63H39N5O. The van der Waals surface area contributed by atoms with Crippen molar-refractivity contribution in [3.8, 4) is 67.8 Å². The molecule has 0 atom stereocenters. The molecule has 0 saturated carbocycles. The van der Waals surface area contributed by atoms with Gasteiger partial charge >= 0.3 is 0 Å². The molecule has 6 heteroatoms. The van der Waals surface area contributed by atoms with Crippen LogP contribution in [0.15, 0.2) is 241 Å². The second-order valence-corrected chi connectivity index (χ2v) is 17.6. The van der Waals surface area contributed by atoms with Gasteiger partial charge < -0.3 is 13.6 Å². The molecular weight excluding hydrogens is 843 g/mol. The maximum absolute atomic E-state index is 6.24. The summed E-state index contributed by atoms with van der Waals surface area (Å²) in [5.41, 5.74) is 15.6. The van der Waals surface area contributed by atoms with E-state index in [0.29, 0.717) is 17.5 Å². The van der Waals surface area contributed by atoms with Gasteiger partial charge in [-0.15, -0.1) is 0 Å². The standard InChI is InChI=1S/C63H39N5O/c1-3-17-40(18-4-1)42-21-15-22-45(37-42)67-54-29-12-9-24-47(54)50-28-16-31-57(60(50)67)68-55-30-13-10-25-48(55)52-38-43(33-35-56(52)68)61-64-62(44-34-36-59-53(39-44)49-26-11-14-32-58(49)69-59)66-63(65-61)51-27-8-7-23-46(51)41-19-5-2-6-20-41/h1-39H. The Morgan fingerprint density at radius 2 is 0.826 bits per heavy atom. The summed E-state index contributed by atoms with van der Waals surface area (Å²) in [6.45, 7) is 0. The van der Waals surface area contributed by atoms with Crippen molar-refractivity contribution in [2.75, 3.05) is 0 Å². The number of rotatable bonds is 7. The van der Waals surface area contributed by atoms with Crippen LogP contribution in [0.5, 0.6) is 0 Å². The molecule has 0 amide bonds. The lowest BCUT2D eigenvalue weighted by Crippen LogP contribution is -2.02. The van der Waals surface area contributed by atoms with Crippen LogP contribution in [0.1, 0.15) is 0 Å². The van der Waals surface area contributed by atoms with E-state index in [9.17, 15) is 0 Å². The quantitative estimate of drug-likeness (QED) is 0.160. The third-order valence-corrected chi connectivity index (χ3v) is 13.6. The smallest absolute Gasteiger partial charge is 0.164 e. The normalized spacial score (nSPS) is 11.8. The molecule has 14 rings (SSSR count). The third kappa shape index (κ3) is 6.30. The van der Waals surface area contributed by atoms with Crippen LogP contribution in [0.4, 0.5) is 0 Å². The van der Waals surface area contributed by atoms with E-state index in [4.69, 9.17) is 19.4 Å². The van der Waals surface area contributed by atoms with Crippen LogP contribution in [0.2, 0.25) is 0 Å². The summed E-state index contributed by atoms with van der Waals surface area (Å²) in [6, 6.07) is 83.4. The summed E-state index contributed by atoms with van der Waals surface area (Å²) in [5, 5.41) is 6.71. The maximum atomic E-state index is 6.24. The van der Waals surface area contributed by atoms with E-state index in [-0.39, 0.29) is 0 Å². The van der Waals surface area contributed by atoms with Gasteiger partial charge in [-0.3, -0.25) is 0 Å². The molecule has 0 aliphatic heterocycles. The highest BCUT2D eigenvalue weighted by Gasteiger charge is 2.22. The van der Waals surface area contributed by atoms with E-state index in [1.54, 1.807) is 0 Å². The highest BCUT2D eigenvalue weighted by Crippen LogP contribution is 2.42. The average Bonchev–Trinajstić information content (AvgIpc) is 4.09. The fourth-order valence-corrected chi connectivity index (χ4v) is 10.4. The Hall–Kier alpha value is -9.39. The molecule has 0 spiro atoms. The van der Waals surface area contributed by atoms with E-state index < -0.39 is 0 Å². The summed E-state index contributed by atoms with van der Waals surface area (Å²) in [6.07, 6.45) is 0. The fraction of sp³-hybridized carbons (Fsp3) is 0. The molecule has 0 N–H and O–H groups in total. The topological polar surface area (TPSA) is 61.7 Å². The van der Waals surface area contributed by atoms with E-state index in [1.165, 1.54) is 21.9 Å². The Balaban J connectivity index is 0.987. The summed E-state index contributed by atoms with van der Waals surface area (Å²) >= 11 is 0. The van der Waals surface area contributed by atoms with Crippen molar-refractivity contribution in [2.24, 2.45) is 0 Å². The average molecular weight is 882 g/mol. The van der Waals surface area contributed by atoms with E-state index in [0.717, 1.165) is 94.0 Å². The van der Waals surface area contributed by atoms with Gasteiger partial charge in [0.2, 0.25) is 0 Å². The van der Waals surface area contributed by atoms with Crippen LogP contribution in [0, 0.1) is 0 Å². The van der Waals surface area contributed by atoms with E-state index in [2.05, 4.69) is 209 Å². The predicted molar refractivity (Wildman–Crippen MR) is 283 cm³/mol. The Kier molecular flexibility index (Phi) is 8.79. The summed E-state index contributed by atoms with van der Waals surface area (Å²) in [5.74, 6) is 1.78. The Morgan fingerprint density at radius 3 is 1.61 bits per heavy atom. The molecule has 6 nitrogen and oxygen atoms in total. The molecule has 0 aliphatic rings. The van der Waals surface area contributed by atoms with Crippen LogP contribution in [-0.2, 0) is 0 Å². The second kappa shape index (κ2) is 15.6. The number of nitrogens with zero attached hydrogens (tertiary/aromatic N) is 5. The SMILES string of the molecule is c1ccc(-c2cccc(-n3c4ccccc4c4cccc(-n5c6ccccc6c6cc(-c7nc(-c8ccc9oc%10ccccc%10c9c8)nc(-c8ccccc8-c8ccccc8)n7)ccc65)c43)c2)cc1. The molecule has 322 valence electrons. The first kappa shape index (κ1) is 38.8. The number of aromatic nitrogens is 5. The highest BCUT2D eigenvalue weighted by molar-refractivity contribution is 6.15. The zero-order valence-electron chi connectivity index (χ0n) is 37.2. The minimum atomic E-state index is 0.586. The van der Waals surface area contributed by atoms with Crippen LogP contribution in [-0.4, -0.2) is 24.1 Å². The Morgan fingerprint density at radius 1 is 0.290 bits per heavy atom. The monoisotopic (exact) mass is 881 g/mol. The molecule has 0 bridgehead atoms. The molecule has 0 saturated heterocycles. The summed E-state index contributed by atoms with van der Waals surface area (Å²) in [4.78, 5) is 15.9. The Bertz CT molecular complexity index is 4320. The van der Waals surface area contributed by atoms with Gasteiger partial charge in [-0.2, -0.15) is 0 Å². The fourth-order valence-electron chi connectivity index (χ4n) is 10.4. The summed E-state index contributed by atoms with van der Waals surface area (Å²) < 4.78 is 11.1. The molecule has 14 aromatic rings. The summed E-state index contributed by atoms with van der Waals surface area (Å²) in [7, 11) is 0. The van der Waals surface area contributed by atoms with Gasteiger partial charge in [-0.05, 0) is 95.1 Å². The van der Waals surface area contributed by atoms with Gasteiger partial charge in [0.15, 0.2) is 17.5 Å². The van der Waals surface area contributed by atoms with Crippen molar-refractivity contribution in [1.29, 1.82) is 0 Å². The Labute approximate surface area is 396 Å². The number of para-hydroxylation sites is 4. The van der Waals surface area contributed by atoms with Gasteiger partial charge in [-0.1, -0.05) is 164 Å². The van der Waals surface area contributed by atoms with E-state index in [1.807, 2.05) is 36.4 Å². The molecule has 10 aromatic carbocycles. The minimum absolute atomic E-state index is 0.586. The first-order valence-electron chi connectivity index (χ1n) is 23.3. The number of hydrogen-bond acceptors (Lipinski definition) is 4. The lowest BCUT2D eigenvalue weighted by Gasteiger charge is -2.15. The zero-order chi connectivity index (χ0) is 45.4. The van der Waals surface area contributed by atoms with Crippen molar-refractivity contribution in [1.82, 2.24) is 24.1 Å².